The molecule has 2 atom stereocenters. The third-order valence-electron chi connectivity index (χ3n) is 3.68. The summed E-state index contributed by atoms with van der Waals surface area (Å²) < 4.78 is 1.16. The number of nitrogens with zero attached hydrogens (tertiary/aromatic N) is 2. The molecule has 2 unspecified atom stereocenters. The van der Waals surface area contributed by atoms with Crippen molar-refractivity contribution in [2.45, 2.75) is 55.2 Å². The Kier molecular flexibility index (Phi) is 9.22. The molecule has 2 rings (SSSR count). The summed E-state index contributed by atoms with van der Waals surface area (Å²) >= 11 is 5.63. The van der Waals surface area contributed by atoms with E-state index in [2.05, 4.69) is 41.2 Å². The largest absolute Gasteiger partial charge is 0.357 e. The molecule has 0 aromatic carbocycles. The van der Waals surface area contributed by atoms with Gasteiger partial charge in [0.2, 0.25) is 0 Å². The van der Waals surface area contributed by atoms with Gasteiger partial charge in [-0.1, -0.05) is 18.7 Å². The summed E-state index contributed by atoms with van der Waals surface area (Å²) in [6, 6.07) is 0.585. The van der Waals surface area contributed by atoms with Gasteiger partial charge in [0.25, 0.3) is 0 Å². The predicted molar refractivity (Wildman–Crippen MR) is 106 cm³/mol. The number of aromatic nitrogens is 1. The van der Waals surface area contributed by atoms with Gasteiger partial charge in [0.15, 0.2) is 5.96 Å². The van der Waals surface area contributed by atoms with Crippen molar-refractivity contribution in [2.75, 3.05) is 24.6 Å². The summed E-state index contributed by atoms with van der Waals surface area (Å²) in [5.41, 5.74) is 0. The fraction of sp³-hybridized carbons (Fsp3) is 0.750. The van der Waals surface area contributed by atoms with E-state index >= 15 is 0 Å². The summed E-state index contributed by atoms with van der Waals surface area (Å²) in [5.74, 6) is 3.29. The van der Waals surface area contributed by atoms with E-state index in [9.17, 15) is 0 Å². The summed E-state index contributed by atoms with van der Waals surface area (Å²) in [4.78, 5) is 9.01. The molecule has 2 N–H and O–H groups in total. The maximum absolute atomic E-state index is 4.72. The zero-order chi connectivity index (χ0) is 16.3. The van der Waals surface area contributed by atoms with E-state index in [1.165, 1.54) is 25.0 Å². The number of guanidine groups is 1. The molecule has 23 heavy (non-hydrogen) atoms. The van der Waals surface area contributed by atoms with Crippen molar-refractivity contribution in [3.8, 4) is 0 Å². The Morgan fingerprint density at radius 1 is 1.43 bits per heavy atom. The summed E-state index contributed by atoms with van der Waals surface area (Å²) in [5, 5.41) is 9.85. The molecule has 0 radical (unpaired) electrons. The van der Waals surface area contributed by atoms with Crippen molar-refractivity contribution in [2.24, 2.45) is 4.99 Å². The molecular formula is C16H28N4S3. The highest BCUT2D eigenvalue weighted by Gasteiger charge is 2.24. The van der Waals surface area contributed by atoms with Crippen LogP contribution in [0.25, 0.3) is 0 Å². The van der Waals surface area contributed by atoms with Crippen LogP contribution in [-0.2, 0) is 0 Å². The van der Waals surface area contributed by atoms with Crippen LogP contribution in [0.1, 0.15) is 39.5 Å². The molecule has 0 saturated heterocycles. The second-order valence-electron chi connectivity index (χ2n) is 5.49. The molecule has 0 bridgehead atoms. The highest BCUT2D eigenvalue weighted by Crippen LogP contribution is 2.29. The Morgan fingerprint density at radius 2 is 2.35 bits per heavy atom. The van der Waals surface area contributed by atoms with Crippen molar-refractivity contribution in [1.82, 2.24) is 15.6 Å². The van der Waals surface area contributed by atoms with E-state index in [-0.39, 0.29) is 0 Å². The number of hydrogen-bond acceptors (Lipinski definition) is 5. The maximum Gasteiger partial charge on any atom is 0.191 e. The predicted octanol–water partition coefficient (Wildman–Crippen LogP) is 3.85. The molecular weight excluding hydrogens is 344 g/mol. The topological polar surface area (TPSA) is 49.3 Å². The maximum atomic E-state index is 4.72. The number of thioether (sulfide) groups is 2. The van der Waals surface area contributed by atoms with Crippen LogP contribution in [0.4, 0.5) is 0 Å². The van der Waals surface area contributed by atoms with Crippen LogP contribution < -0.4 is 10.6 Å². The van der Waals surface area contributed by atoms with Gasteiger partial charge in [-0.15, -0.1) is 11.3 Å². The highest BCUT2D eigenvalue weighted by atomic mass is 32.2. The lowest BCUT2D eigenvalue weighted by atomic mass is 10.2. The molecule has 1 aromatic rings. The lowest BCUT2D eigenvalue weighted by Gasteiger charge is -2.17. The third-order valence-corrected chi connectivity index (χ3v) is 6.96. The Balaban J connectivity index is 1.67. The van der Waals surface area contributed by atoms with Crippen molar-refractivity contribution in [3.05, 3.63) is 11.6 Å². The molecule has 4 nitrogen and oxygen atoms in total. The van der Waals surface area contributed by atoms with E-state index in [4.69, 9.17) is 4.99 Å². The summed E-state index contributed by atoms with van der Waals surface area (Å²) in [6.45, 7) is 6.16. The number of hydrogen-bond donors (Lipinski definition) is 2. The van der Waals surface area contributed by atoms with E-state index in [1.54, 1.807) is 11.3 Å². The molecule has 0 spiro atoms. The van der Waals surface area contributed by atoms with E-state index in [0.717, 1.165) is 40.8 Å². The Hall–Kier alpha value is -0.400. The molecule has 1 saturated carbocycles. The first-order valence-corrected chi connectivity index (χ1v) is 11.4. The fourth-order valence-electron chi connectivity index (χ4n) is 2.67. The van der Waals surface area contributed by atoms with Crippen molar-refractivity contribution in [1.29, 1.82) is 0 Å². The number of nitrogens with one attached hydrogen (secondary N) is 2. The van der Waals surface area contributed by atoms with Gasteiger partial charge in [0.1, 0.15) is 4.34 Å². The number of aliphatic imine (C=N–C) groups is 1. The lowest BCUT2D eigenvalue weighted by Crippen LogP contribution is -2.42. The smallest absolute Gasteiger partial charge is 0.191 e. The van der Waals surface area contributed by atoms with Crippen LogP contribution in [-0.4, -0.2) is 46.8 Å². The highest BCUT2D eigenvalue weighted by molar-refractivity contribution is 8.01. The van der Waals surface area contributed by atoms with E-state index in [0.29, 0.717) is 6.04 Å². The molecule has 1 heterocycles. The van der Waals surface area contributed by atoms with Gasteiger partial charge in [0, 0.05) is 41.7 Å². The monoisotopic (exact) mass is 372 g/mol. The molecule has 1 aromatic heterocycles. The minimum absolute atomic E-state index is 0.585. The summed E-state index contributed by atoms with van der Waals surface area (Å²) in [7, 11) is 0. The van der Waals surface area contributed by atoms with Crippen LogP contribution in [0.3, 0.4) is 0 Å². The average Bonchev–Trinajstić information content (AvgIpc) is 3.19. The van der Waals surface area contributed by atoms with Crippen LogP contribution in [0.2, 0.25) is 0 Å². The second-order valence-corrected chi connectivity index (χ2v) is 9.31. The quantitative estimate of drug-likeness (QED) is 0.298. The first-order chi connectivity index (χ1) is 11.3. The first kappa shape index (κ1) is 18.9. The van der Waals surface area contributed by atoms with Gasteiger partial charge in [-0.05, 0) is 38.4 Å². The minimum atomic E-state index is 0.585. The number of thiazole rings is 1. The van der Waals surface area contributed by atoms with Gasteiger partial charge < -0.3 is 10.6 Å². The molecule has 1 aliphatic rings. The van der Waals surface area contributed by atoms with Crippen LogP contribution in [0.15, 0.2) is 20.9 Å². The van der Waals surface area contributed by atoms with Gasteiger partial charge >= 0.3 is 0 Å². The molecule has 0 aliphatic heterocycles. The normalized spacial score (nSPS) is 21.6. The fourth-order valence-corrected chi connectivity index (χ4v) is 5.44. The number of rotatable bonds is 9. The van der Waals surface area contributed by atoms with Crippen molar-refractivity contribution < 1.29 is 0 Å². The standard InChI is InChI=1S/C16H28N4S3/c1-3-17-15(20-13-6-7-14(12-13)21-4-2)18-8-5-10-22-16-19-9-11-23-16/h9,11,13-14H,3-8,10,12H2,1-2H3,(H2,17,18,20). The Labute approximate surface area is 152 Å². The molecule has 0 amide bonds. The Bertz CT molecular complexity index is 450. The zero-order valence-corrected chi connectivity index (χ0v) is 16.5. The lowest BCUT2D eigenvalue weighted by molar-refractivity contribution is 0.615. The van der Waals surface area contributed by atoms with Crippen LogP contribution in [0, 0.1) is 0 Å². The SMILES string of the molecule is CCNC(=NCCCSc1nccs1)NC1CCC(SCC)C1. The van der Waals surface area contributed by atoms with E-state index < -0.39 is 0 Å². The zero-order valence-electron chi connectivity index (χ0n) is 14.1. The molecule has 1 aliphatic carbocycles. The molecule has 1 fully saturated rings. The molecule has 7 heteroatoms. The van der Waals surface area contributed by atoms with Crippen molar-refractivity contribution in [3.63, 3.8) is 0 Å². The van der Waals surface area contributed by atoms with Gasteiger partial charge in [-0.25, -0.2) is 4.98 Å². The van der Waals surface area contributed by atoms with Crippen LogP contribution >= 0.6 is 34.9 Å². The summed E-state index contributed by atoms with van der Waals surface area (Å²) in [6.07, 6.45) is 6.81. The average molecular weight is 373 g/mol. The third kappa shape index (κ3) is 7.35. The van der Waals surface area contributed by atoms with E-state index in [1.807, 2.05) is 23.3 Å². The first-order valence-electron chi connectivity index (χ1n) is 8.50. The van der Waals surface area contributed by atoms with Gasteiger partial charge in [0.05, 0.1) is 0 Å². The van der Waals surface area contributed by atoms with Gasteiger partial charge in [-0.3, -0.25) is 4.99 Å². The Morgan fingerprint density at radius 3 is 3.09 bits per heavy atom. The second kappa shape index (κ2) is 11.2. The molecule has 130 valence electrons. The van der Waals surface area contributed by atoms with Crippen LogP contribution in [0.5, 0.6) is 0 Å². The van der Waals surface area contributed by atoms with Crippen molar-refractivity contribution >= 4 is 40.8 Å². The minimum Gasteiger partial charge on any atom is -0.357 e. The van der Waals surface area contributed by atoms with Gasteiger partial charge in [-0.2, -0.15) is 11.8 Å².